The molecule has 10 nitrogen and oxygen atoms in total. The van der Waals surface area contributed by atoms with Crippen LogP contribution in [0.3, 0.4) is 0 Å². The normalized spacial score (nSPS) is 15.9. The summed E-state index contributed by atoms with van der Waals surface area (Å²) in [4.78, 5) is 38.6. The maximum Gasteiger partial charge on any atom is 0.249 e. The molecule has 388 valence electrons. The van der Waals surface area contributed by atoms with Crippen LogP contribution in [0.4, 0.5) is 17.1 Å². The topological polar surface area (TPSA) is 98.0 Å². The highest BCUT2D eigenvalue weighted by molar-refractivity contribution is 6.34. The first-order chi connectivity index (χ1) is 33.8. The molecule has 2 aromatic heterocycles. The Balaban J connectivity index is 0.000000329. The minimum atomic E-state index is -0.414. The van der Waals surface area contributed by atoms with Crippen molar-refractivity contribution >= 4 is 58.5 Å². The van der Waals surface area contributed by atoms with Gasteiger partial charge in [0.25, 0.3) is 0 Å². The number of hydrogen-bond acceptors (Lipinski definition) is 8. The molecule has 0 saturated carbocycles. The highest BCUT2D eigenvalue weighted by atomic mass is 35.5. The predicted octanol–water partition coefficient (Wildman–Crippen LogP) is 13.2. The summed E-state index contributed by atoms with van der Waals surface area (Å²) in [7, 11) is 5.12. The van der Waals surface area contributed by atoms with Crippen LogP contribution in [0.2, 0.25) is 10.0 Å². The van der Waals surface area contributed by atoms with Crippen LogP contribution in [-0.2, 0) is 29.5 Å². The smallest absolute Gasteiger partial charge is 0.249 e. The molecule has 3 aromatic carbocycles. The molecule has 2 fully saturated rings. The van der Waals surface area contributed by atoms with Crippen molar-refractivity contribution in [2.45, 2.75) is 141 Å². The highest BCUT2D eigenvalue weighted by Crippen LogP contribution is 2.45. The van der Waals surface area contributed by atoms with E-state index in [9.17, 15) is 9.59 Å². The maximum atomic E-state index is 14.1. The van der Waals surface area contributed by atoms with Crippen molar-refractivity contribution in [3.8, 4) is 11.1 Å². The molecule has 12 heteroatoms. The molecule has 2 aliphatic rings. The van der Waals surface area contributed by atoms with Crippen molar-refractivity contribution in [1.82, 2.24) is 19.7 Å². The summed E-state index contributed by atoms with van der Waals surface area (Å²) in [6, 6.07) is 16.4. The number of halogens is 2. The fraction of sp³-hybridized carbons (Fsp3) is 0.492. The van der Waals surface area contributed by atoms with E-state index in [0.29, 0.717) is 17.1 Å². The zero-order chi connectivity index (χ0) is 53.3. The number of nitrogens with zero attached hydrogens (tertiary/aromatic N) is 7. The number of piperazine rings is 2. The van der Waals surface area contributed by atoms with Gasteiger partial charge in [-0.1, -0.05) is 88.0 Å². The Morgan fingerprint density at radius 1 is 0.831 bits per heavy atom. The number of carbonyl (C=O) groups excluding carboxylic acids is 2. The average molecular weight is 1010 g/mol. The monoisotopic (exact) mass is 1010 g/mol. The Bertz CT molecular complexity index is 2540. The Hall–Kier alpha value is -5.00. The zero-order valence-electron chi connectivity index (χ0n) is 46.2. The van der Waals surface area contributed by atoms with E-state index < -0.39 is 6.04 Å². The fourth-order valence-corrected chi connectivity index (χ4v) is 9.79. The summed E-state index contributed by atoms with van der Waals surface area (Å²) in [5.41, 5.74) is 16.8. The molecule has 0 spiro atoms. The van der Waals surface area contributed by atoms with E-state index in [0.717, 1.165) is 107 Å². The first-order valence-corrected chi connectivity index (χ1v) is 26.3. The van der Waals surface area contributed by atoms with Crippen LogP contribution < -0.4 is 14.7 Å². The second-order valence-electron chi connectivity index (χ2n) is 18.8. The number of hydrogen-bond donors (Lipinski definition) is 1. The number of anilines is 3. The van der Waals surface area contributed by atoms with E-state index in [1.54, 1.807) is 6.92 Å². The van der Waals surface area contributed by atoms with Crippen molar-refractivity contribution in [2.75, 3.05) is 61.6 Å². The largest absolute Gasteiger partial charge is 0.400 e. The van der Waals surface area contributed by atoms with Gasteiger partial charge in [-0.05, 0) is 170 Å². The van der Waals surface area contributed by atoms with Crippen molar-refractivity contribution < 1.29 is 14.7 Å². The van der Waals surface area contributed by atoms with E-state index in [4.69, 9.17) is 28.3 Å². The van der Waals surface area contributed by atoms with Crippen molar-refractivity contribution in [1.29, 1.82) is 0 Å². The quantitative estimate of drug-likeness (QED) is 0.0794. The van der Waals surface area contributed by atoms with Gasteiger partial charge >= 0.3 is 0 Å². The highest BCUT2D eigenvalue weighted by Gasteiger charge is 2.40. The molecule has 71 heavy (non-hydrogen) atoms. The Kier molecular flexibility index (Phi) is 24.5. The lowest BCUT2D eigenvalue weighted by molar-refractivity contribution is -0.120. The molecule has 7 rings (SSSR count). The number of unbranched alkanes of at least 4 members (excludes halogenated alkanes) is 2. The van der Waals surface area contributed by atoms with Crippen molar-refractivity contribution in [3.63, 3.8) is 0 Å². The Morgan fingerprint density at radius 3 is 2.03 bits per heavy atom. The summed E-state index contributed by atoms with van der Waals surface area (Å²) in [5.74, 6) is 0.0313. The van der Waals surface area contributed by atoms with Crippen molar-refractivity contribution in [2.24, 2.45) is 7.05 Å². The van der Waals surface area contributed by atoms with E-state index in [1.165, 1.54) is 53.8 Å². The number of allylic oxidation sites excluding steroid dienone is 1. The molecular formula is C59H85Cl2N7O3. The summed E-state index contributed by atoms with van der Waals surface area (Å²) in [6.45, 7) is 33.7. The second kappa shape index (κ2) is 28.9. The third kappa shape index (κ3) is 15.5. The zero-order valence-corrected chi connectivity index (χ0v) is 47.7. The van der Waals surface area contributed by atoms with Gasteiger partial charge in [0.2, 0.25) is 5.91 Å². The number of carbonyl (C=O) groups is 2. The fourth-order valence-electron chi connectivity index (χ4n) is 9.43. The molecule has 0 bridgehead atoms. The second-order valence-corrected chi connectivity index (χ2v) is 19.6. The van der Waals surface area contributed by atoms with Gasteiger partial charge in [0.15, 0.2) is 0 Å². The molecule has 2 atom stereocenters. The number of pyridine rings is 1. The molecule has 4 heterocycles. The van der Waals surface area contributed by atoms with Crippen LogP contribution in [0.1, 0.15) is 124 Å². The van der Waals surface area contributed by atoms with Crippen LogP contribution in [0.15, 0.2) is 60.3 Å². The summed E-state index contributed by atoms with van der Waals surface area (Å²) in [6.07, 6.45) is 10.8. The van der Waals surface area contributed by atoms with Crippen LogP contribution >= 0.6 is 23.2 Å². The molecule has 5 aromatic rings. The van der Waals surface area contributed by atoms with Crippen LogP contribution in [-0.4, -0.2) is 95.9 Å². The van der Waals surface area contributed by atoms with Gasteiger partial charge < -0.3 is 24.7 Å². The number of aliphatic hydroxyl groups is 1. The molecular weight excluding hydrogens is 926 g/mol. The van der Waals surface area contributed by atoms with Crippen LogP contribution in [0, 0.1) is 48.5 Å². The molecule has 0 aliphatic carbocycles. The van der Waals surface area contributed by atoms with E-state index >= 15 is 0 Å². The van der Waals surface area contributed by atoms with Gasteiger partial charge in [-0.2, -0.15) is 5.10 Å². The average Bonchev–Trinajstić information content (AvgIpc) is 3.62. The van der Waals surface area contributed by atoms with Crippen molar-refractivity contribution in [3.05, 3.63) is 126 Å². The number of likely N-dealkylation sites (N-methyl/N-ethyl adjacent to an activating group) is 1. The van der Waals surface area contributed by atoms with Gasteiger partial charge in [0, 0.05) is 98.0 Å². The summed E-state index contributed by atoms with van der Waals surface area (Å²) in [5, 5.41) is 13.2. The SMILES string of the molecule is C/C(C=O)=C\c1cc(C)cc(N2C[C@@H](C)N(c3c(C)ccc(Cl)c3-c3c(C)nn(C)c3C)C(C)C2=O)c1C.CC.CCCCCc1cc(C)c(Cl)c(C)c1.CCc1cc(N2CCN(C)CC2)ccn1.CO. The lowest BCUT2D eigenvalue weighted by atomic mass is 9.94. The number of benzene rings is 3. The number of aldehydes is 1. The summed E-state index contributed by atoms with van der Waals surface area (Å²) >= 11 is 13.0. The van der Waals surface area contributed by atoms with E-state index in [1.807, 2.05) is 89.5 Å². The Morgan fingerprint density at radius 2 is 1.46 bits per heavy atom. The van der Waals surface area contributed by atoms with E-state index in [2.05, 4.69) is 110 Å². The molecule has 0 radical (unpaired) electrons. The third-order valence-corrected chi connectivity index (χ3v) is 14.2. The van der Waals surface area contributed by atoms with Gasteiger partial charge in [-0.25, -0.2) is 0 Å². The van der Waals surface area contributed by atoms with Gasteiger partial charge in [0.05, 0.1) is 16.4 Å². The molecule has 1 amide bonds. The first-order valence-electron chi connectivity index (χ1n) is 25.5. The number of rotatable bonds is 11. The minimum absolute atomic E-state index is 0.0199. The Labute approximate surface area is 438 Å². The number of aryl methyl sites for hydroxylation is 8. The van der Waals surface area contributed by atoms with Gasteiger partial charge in [-0.15, -0.1) is 0 Å². The molecule has 2 aliphatic heterocycles. The lowest BCUT2D eigenvalue weighted by Gasteiger charge is -2.46. The molecule has 2 saturated heterocycles. The van der Waals surface area contributed by atoms with E-state index in [-0.39, 0.29) is 11.9 Å². The predicted molar refractivity (Wildman–Crippen MR) is 304 cm³/mol. The number of amides is 1. The van der Waals surface area contributed by atoms with Gasteiger partial charge in [-0.3, -0.25) is 19.3 Å². The number of aliphatic hydroxyl groups excluding tert-OH is 1. The molecule has 1 unspecified atom stereocenters. The maximum absolute atomic E-state index is 14.1. The number of aromatic nitrogens is 3. The first kappa shape index (κ1) is 60.3. The third-order valence-electron chi connectivity index (χ3n) is 13.3. The van der Waals surface area contributed by atoms with Crippen LogP contribution in [0.25, 0.3) is 17.2 Å². The summed E-state index contributed by atoms with van der Waals surface area (Å²) < 4.78 is 1.88. The standard InChI is InChI=1S/C31H37ClN4O2.C13H19Cl.C12H19N3.C2H6.CH4O/c1-17-12-25(13-18(2)16-37)21(5)27(14-17)35-15-20(4)36(24(8)31(35)38)30-19(3)10-11-26(32)29(30)28-22(6)33-34(9)23(28)7;1-4-5-6-7-12-8-10(2)13(14)11(3)9-12;1-3-11-10-12(4-5-13-11)15-8-6-14(2)7-9-15;2*1-2/h10-14,16,20,24H,15H2,1-9H3;8-9H,4-7H2,1-3H3;4-5,10H,3,6-9H2,1-2H3;1-2H3;2H,1H3/b18-13+;;;;/t20-,24?;;;;/m1..../s1. The molecule has 1 N–H and O–H groups in total. The lowest BCUT2D eigenvalue weighted by Crippen LogP contribution is -2.61. The van der Waals surface area contributed by atoms with Gasteiger partial charge in [0.1, 0.15) is 12.3 Å². The van der Waals surface area contributed by atoms with Crippen LogP contribution in [0.5, 0.6) is 0 Å². The minimum Gasteiger partial charge on any atom is -0.400 e.